The van der Waals surface area contributed by atoms with Crippen LogP contribution in [0, 0.1) is 0 Å². The molecule has 0 unspecified atom stereocenters. The van der Waals surface area contributed by atoms with Crippen LogP contribution in [0.25, 0.3) is 0 Å². The number of aromatic nitrogens is 1. The minimum absolute atomic E-state index is 0.315. The second kappa shape index (κ2) is 15.7. The highest BCUT2D eigenvalue weighted by molar-refractivity contribution is 9.10. The zero-order valence-electron chi connectivity index (χ0n) is 21.4. The molecule has 0 saturated carbocycles. The molecule has 8 heteroatoms. The monoisotopic (exact) mass is 567 g/mol. The maximum Gasteiger partial charge on any atom is 0.271 e. The summed E-state index contributed by atoms with van der Waals surface area (Å²) in [6.45, 7) is 5.37. The number of rotatable bonds is 15. The minimum Gasteiger partial charge on any atom is -0.490 e. The lowest BCUT2D eigenvalue weighted by Gasteiger charge is -2.15. The first-order valence-corrected chi connectivity index (χ1v) is 13.4. The van der Waals surface area contributed by atoms with Crippen LogP contribution in [-0.2, 0) is 6.42 Å². The van der Waals surface area contributed by atoms with Crippen LogP contribution in [-0.4, -0.2) is 36.9 Å². The van der Waals surface area contributed by atoms with E-state index in [2.05, 4.69) is 50.5 Å². The minimum atomic E-state index is -0.315. The van der Waals surface area contributed by atoms with Gasteiger partial charge in [-0.1, -0.05) is 38.3 Å². The van der Waals surface area contributed by atoms with Crippen LogP contribution in [0.5, 0.6) is 17.2 Å². The Morgan fingerprint density at radius 1 is 0.973 bits per heavy atom. The van der Waals surface area contributed by atoms with Gasteiger partial charge in [0.05, 0.1) is 17.3 Å². The first-order valence-electron chi connectivity index (χ1n) is 12.6. The molecular weight excluding hydrogens is 534 g/mol. The molecule has 37 heavy (non-hydrogen) atoms. The Morgan fingerprint density at radius 2 is 1.73 bits per heavy atom. The number of ether oxygens (including phenoxy) is 3. The summed E-state index contributed by atoms with van der Waals surface area (Å²) in [5, 5.41) is 4.05. The van der Waals surface area contributed by atoms with Gasteiger partial charge >= 0.3 is 0 Å². The van der Waals surface area contributed by atoms with Crippen LogP contribution in [0.1, 0.15) is 61.0 Å². The molecule has 7 nitrogen and oxygen atoms in total. The van der Waals surface area contributed by atoms with E-state index in [0.717, 1.165) is 17.7 Å². The van der Waals surface area contributed by atoms with Crippen molar-refractivity contribution >= 4 is 28.1 Å². The number of hydrogen-bond acceptors (Lipinski definition) is 6. The summed E-state index contributed by atoms with van der Waals surface area (Å²) in [4.78, 5) is 16.0. The summed E-state index contributed by atoms with van der Waals surface area (Å²) in [5.74, 6) is 1.67. The number of nitrogens with one attached hydrogen (secondary N) is 1. The van der Waals surface area contributed by atoms with Crippen LogP contribution in [0.4, 0.5) is 0 Å². The maximum absolute atomic E-state index is 12.1. The van der Waals surface area contributed by atoms with E-state index in [1.807, 2.05) is 31.2 Å². The van der Waals surface area contributed by atoms with Crippen LogP contribution >= 0.6 is 15.9 Å². The molecule has 0 radical (unpaired) electrons. The molecule has 3 aromatic rings. The summed E-state index contributed by atoms with van der Waals surface area (Å²) < 4.78 is 18.3. The van der Waals surface area contributed by atoms with Crippen molar-refractivity contribution in [2.24, 2.45) is 5.10 Å². The highest BCUT2D eigenvalue weighted by Crippen LogP contribution is 2.36. The Labute approximate surface area is 227 Å². The molecular formula is C29H34BrN3O4. The Kier molecular flexibility index (Phi) is 11.9. The third kappa shape index (κ3) is 9.53. The van der Waals surface area contributed by atoms with E-state index in [9.17, 15) is 4.79 Å². The van der Waals surface area contributed by atoms with Gasteiger partial charge in [-0.2, -0.15) is 5.10 Å². The number of amides is 1. The first-order chi connectivity index (χ1) is 18.1. The van der Waals surface area contributed by atoms with Crippen molar-refractivity contribution < 1.29 is 19.0 Å². The Morgan fingerprint density at radius 3 is 2.46 bits per heavy atom. The number of aryl methyl sites for hydroxylation is 1. The summed E-state index contributed by atoms with van der Waals surface area (Å²) in [6.07, 6.45) is 10.8. The van der Waals surface area contributed by atoms with Gasteiger partial charge in [0.15, 0.2) is 11.5 Å². The third-order valence-corrected chi connectivity index (χ3v) is 6.08. The zero-order valence-corrected chi connectivity index (χ0v) is 23.0. The van der Waals surface area contributed by atoms with E-state index < -0.39 is 0 Å². The fraction of sp³-hybridized carbons (Fsp3) is 0.345. The molecule has 3 rings (SSSR count). The van der Waals surface area contributed by atoms with E-state index in [0.29, 0.717) is 41.4 Å². The quantitative estimate of drug-likeness (QED) is 0.127. The van der Waals surface area contributed by atoms with E-state index in [4.69, 9.17) is 14.2 Å². The number of carbonyl (C=O) groups is 1. The summed E-state index contributed by atoms with van der Waals surface area (Å²) >= 11 is 3.56. The smallest absolute Gasteiger partial charge is 0.271 e. The Hall–Kier alpha value is -3.39. The predicted molar refractivity (Wildman–Crippen MR) is 150 cm³/mol. The van der Waals surface area contributed by atoms with Gasteiger partial charge in [-0.15, -0.1) is 0 Å². The van der Waals surface area contributed by atoms with Crippen molar-refractivity contribution in [3.63, 3.8) is 0 Å². The second-order valence-corrected chi connectivity index (χ2v) is 9.20. The largest absolute Gasteiger partial charge is 0.490 e. The average Bonchev–Trinajstić information content (AvgIpc) is 2.91. The van der Waals surface area contributed by atoms with Gasteiger partial charge in [-0.05, 0) is 83.2 Å². The number of nitrogens with zero attached hydrogens (tertiary/aromatic N) is 2. The predicted octanol–water partition coefficient (Wildman–Crippen LogP) is 6.59. The normalized spacial score (nSPS) is 10.9. The summed E-state index contributed by atoms with van der Waals surface area (Å²) in [6, 6.07) is 15.2. The number of unbranched alkanes of at least 4 members (excludes halogenated alkanes) is 3. The SMILES string of the molecule is CCCCCCc1ccc(OCCOc2c(Br)cc(C=NNC(=O)c3ccncc3)cc2OCC)cc1. The summed E-state index contributed by atoms with van der Waals surface area (Å²) in [7, 11) is 0. The van der Waals surface area contributed by atoms with Crippen LogP contribution in [0.2, 0.25) is 0 Å². The van der Waals surface area contributed by atoms with E-state index in [1.165, 1.54) is 31.2 Å². The molecule has 0 aliphatic heterocycles. The number of benzene rings is 2. The molecule has 0 saturated heterocycles. The fourth-order valence-corrected chi connectivity index (χ4v) is 4.18. The fourth-order valence-electron chi connectivity index (χ4n) is 3.61. The lowest BCUT2D eigenvalue weighted by atomic mass is 10.1. The van der Waals surface area contributed by atoms with E-state index in [1.54, 1.807) is 30.7 Å². The molecule has 1 aromatic heterocycles. The first kappa shape index (κ1) is 28.2. The number of carbonyl (C=O) groups excluding carboxylic acids is 1. The molecule has 0 atom stereocenters. The lowest BCUT2D eigenvalue weighted by Crippen LogP contribution is -2.17. The van der Waals surface area contributed by atoms with Gasteiger partial charge in [0.25, 0.3) is 5.91 Å². The average molecular weight is 569 g/mol. The van der Waals surface area contributed by atoms with Crippen LogP contribution in [0.3, 0.4) is 0 Å². The zero-order chi connectivity index (χ0) is 26.3. The van der Waals surface area contributed by atoms with Crippen molar-refractivity contribution in [3.8, 4) is 17.2 Å². The molecule has 0 bridgehead atoms. The van der Waals surface area contributed by atoms with Crippen molar-refractivity contribution in [1.29, 1.82) is 0 Å². The van der Waals surface area contributed by atoms with Gasteiger partial charge in [-0.3, -0.25) is 9.78 Å². The number of halogens is 1. The number of pyridine rings is 1. The van der Waals surface area contributed by atoms with Crippen molar-refractivity contribution in [2.75, 3.05) is 19.8 Å². The molecule has 0 fully saturated rings. The van der Waals surface area contributed by atoms with Crippen molar-refractivity contribution in [2.45, 2.75) is 46.0 Å². The van der Waals surface area contributed by atoms with Crippen molar-refractivity contribution in [3.05, 3.63) is 82.1 Å². The highest BCUT2D eigenvalue weighted by Gasteiger charge is 2.12. The molecule has 2 aromatic carbocycles. The molecule has 1 heterocycles. The molecule has 0 aliphatic carbocycles. The van der Waals surface area contributed by atoms with E-state index >= 15 is 0 Å². The summed E-state index contributed by atoms with van der Waals surface area (Å²) in [5.41, 5.74) is 5.06. The topological polar surface area (TPSA) is 82.0 Å². The highest BCUT2D eigenvalue weighted by atomic mass is 79.9. The molecule has 1 amide bonds. The lowest BCUT2D eigenvalue weighted by molar-refractivity contribution is 0.0955. The van der Waals surface area contributed by atoms with Gasteiger partial charge in [0.1, 0.15) is 19.0 Å². The van der Waals surface area contributed by atoms with E-state index in [-0.39, 0.29) is 5.91 Å². The van der Waals surface area contributed by atoms with Gasteiger partial charge in [0, 0.05) is 18.0 Å². The molecule has 0 aliphatic rings. The molecule has 1 N–H and O–H groups in total. The van der Waals surface area contributed by atoms with Crippen LogP contribution in [0.15, 0.2) is 70.5 Å². The standard InChI is InChI=1S/C29H34BrN3O4/c1-3-5-6-7-8-22-9-11-25(12-10-22)36-17-18-37-28-26(30)19-23(20-27(28)35-4-2)21-32-33-29(34)24-13-15-31-16-14-24/h9-16,19-21H,3-8,17-18H2,1-2H3,(H,33,34). The van der Waals surface area contributed by atoms with Gasteiger partial charge < -0.3 is 14.2 Å². The molecule has 0 spiro atoms. The number of hydrazone groups is 1. The molecule has 196 valence electrons. The Bertz CT molecular complexity index is 1140. The second-order valence-electron chi connectivity index (χ2n) is 8.35. The Balaban J connectivity index is 1.51. The third-order valence-electron chi connectivity index (χ3n) is 5.49. The van der Waals surface area contributed by atoms with Gasteiger partial charge in [0.2, 0.25) is 0 Å². The van der Waals surface area contributed by atoms with Gasteiger partial charge in [-0.25, -0.2) is 5.43 Å². The van der Waals surface area contributed by atoms with Crippen molar-refractivity contribution in [1.82, 2.24) is 10.4 Å². The number of hydrogen-bond donors (Lipinski definition) is 1. The maximum atomic E-state index is 12.1. The van der Waals surface area contributed by atoms with Crippen LogP contribution < -0.4 is 19.6 Å².